The van der Waals surface area contributed by atoms with Crippen LogP contribution in [0, 0.1) is 6.92 Å². The minimum atomic E-state index is -1.38. The van der Waals surface area contributed by atoms with Gasteiger partial charge in [-0.3, -0.25) is 0 Å². The molecule has 3 aromatic carbocycles. The molecule has 3 heteroatoms. The maximum absolute atomic E-state index is 2.55. The molecule has 1 nitrogen and oxygen atoms in total. The first kappa shape index (κ1) is 18.0. The van der Waals surface area contributed by atoms with Crippen molar-refractivity contribution in [3.05, 3.63) is 60.3 Å². The van der Waals surface area contributed by atoms with Crippen molar-refractivity contribution in [2.75, 3.05) is 6.66 Å². The maximum Gasteiger partial charge on any atom is 0.221 e. The quantitative estimate of drug-likeness (QED) is 0.247. The Labute approximate surface area is 169 Å². The van der Waals surface area contributed by atoms with E-state index in [0.29, 0.717) is 0 Å². The number of aromatic nitrogens is 1. The SMILES string of the molecule is Cc1c2c(cc3ccccc13)P(C)c1cc([Si](C)(C)C)cc3cc[n+](C)c-2c13. The Morgan fingerprint density at radius 3 is 2.39 bits per heavy atom. The van der Waals surface area contributed by atoms with E-state index in [1.165, 1.54) is 43.7 Å². The molecule has 0 radical (unpaired) electrons. The van der Waals surface area contributed by atoms with Crippen molar-refractivity contribution >= 4 is 53.3 Å². The zero-order valence-corrected chi connectivity index (χ0v) is 19.5. The lowest BCUT2D eigenvalue weighted by Gasteiger charge is -2.29. The smallest absolute Gasteiger partial charge is 0.200 e. The van der Waals surface area contributed by atoms with Crippen LogP contribution in [0.1, 0.15) is 5.56 Å². The van der Waals surface area contributed by atoms with Gasteiger partial charge in [-0.1, -0.05) is 61.2 Å². The zero-order valence-electron chi connectivity index (χ0n) is 17.6. The molecule has 4 aromatic rings. The molecule has 28 heavy (non-hydrogen) atoms. The number of rotatable bonds is 1. The van der Waals surface area contributed by atoms with Crippen LogP contribution in [-0.2, 0) is 7.05 Å². The van der Waals surface area contributed by atoms with Gasteiger partial charge in [0.05, 0.1) is 19.0 Å². The van der Waals surface area contributed by atoms with Crippen molar-refractivity contribution in [3.63, 3.8) is 0 Å². The topological polar surface area (TPSA) is 3.88 Å². The number of benzene rings is 3. The van der Waals surface area contributed by atoms with Gasteiger partial charge < -0.3 is 0 Å². The van der Waals surface area contributed by atoms with Gasteiger partial charge in [0.15, 0.2) is 6.20 Å². The molecular weight excluding hydrogens is 373 g/mol. The Kier molecular flexibility index (Phi) is 3.86. The van der Waals surface area contributed by atoms with Gasteiger partial charge in [-0.15, -0.1) is 0 Å². The molecule has 0 spiro atoms. The van der Waals surface area contributed by atoms with Crippen molar-refractivity contribution in [1.82, 2.24) is 0 Å². The Morgan fingerprint density at radius 1 is 0.893 bits per heavy atom. The highest BCUT2D eigenvalue weighted by Crippen LogP contribution is 2.45. The van der Waals surface area contributed by atoms with Crippen LogP contribution in [0.5, 0.6) is 0 Å². The number of hydrogen-bond donors (Lipinski definition) is 0. The number of aryl methyl sites for hydroxylation is 2. The van der Waals surface area contributed by atoms with Crippen LogP contribution >= 0.6 is 7.92 Å². The van der Waals surface area contributed by atoms with Gasteiger partial charge in [-0.2, -0.15) is 0 Å². The minimum Gasteiger partial charge on any atom is -0.200 e. The summed E-state index contributed by atoms with van der Waals surface area (Å²) in [5.41, 5.74) is 4.28. The lowest BCUT2D eigenvalue weighted by atomic mass is 9.94. The van der Waals surface area contributed by atoms with Crippen LogP contribution in [0.15, 0.2) is 54.7 Å². The van der Waals surface area contributed by atoms with Gasteiger partial charge in [0.2, 0.25) is 5.69 Å². The van der Waals surface area contributed by atoms with Crippen LogP contribution in [0.2, 0.25) is 19.6 Å². The Morgan fingerprint density at radius 2 is 1.64 bits per heavy atom. The summed E-state index contributed by atoms with van der Waals surface area (Å²) in [6.45, 7) is 12.1. The van der Waals surface area contributed by atoms with E-state index in [-0.39, 0.29) is 7.92 Å². The second-order valence-electron chi connectivity index (χ2n) is 9.16. The van der Waals surface area contributed by atoms with Gasteiger partial charge in [0.1, 0.15) is 7.05 Å². The molecule has 5 rings (SSSR count). The van der Waals surface area contributed by atoms with Crippen LogP contribution in [-0.4, -0.2) is 14.7 Å². The highest BCUT2D eigenvalue weighted by molar-refractivity contribution is 7.73. The van der Waals surface area contributed by atoms with Crippen molar-refractivity contribution in [1.29, 1.82) is 0 Å². The largest absolute Gasteiger partial charge is 0.221 e. The van der Waals surface area contributed by atoms with Crippen LogP contribution in [0.3, 0.4) is 0 Å². The molecule has 0 saturated heterocycles. The summed E-state index contributed by atoms with van der Waals surface area (Å²) >= 11 is 0. The number of pyridine rings is 1. The first-order chi connectivity index (χ1) is 13.3. The number of hydrogen-bond acceptors (Lipinski definition) is 0. The first-order valence-electron chi connectivity index (χ1n) is 10.0. The predicted molar refractivity (Wildman–Crippen MR) is 128 cm³/mol. The van der Waals surface area contributed by atoms with Crippen molar-refractivity contribution in [2.24, 2.45) is 7.05 Å². The summed E-state index contributed by atoms with van der Waals surface area (Å²) in [7, 11) is 0.455. The van der Waals surface area contributed by atoms with Crippen LogP contribution in [0.25, 0.3) is 32.8 Å². The highest BCUT2D eigenvalue weighted by atomic mass is 31.1. The third kappa shape index (κ3) is 2.44. The minimum absolute atomic E-state index is 0.369. The normalized spacial score (nSPS) is 15.9. The molecule has 140 valence electrons. The average molecular weight is 401 g/mol. The molecule has 0 N–H and O–H groups in total. The summed E-state index contributed by atoms with van der Waals surface area (Å²) in [5.74, 6) is 0. The molecule has 1 atom stereocenters. The van der Waals surface area contributed by atoms with E-state index in [1.54, 1.807) is 10.5 Å². The molecule has 1 unspecified atom stereocenters. The maximum atomic E-state index is 2.55. The lowest BCUT2D eigenvalue weighted by Crippen LogP contribution is -2.41. The van der Waals surface area contributed by atoms with E-state index < -0.39 is 8.07 Å². The molecule has 1 aromatic heterocycles. The zero-order chi connectivity index (χ0) is 19.8. The average Bonchev–Trinajstić information content (AvgIpc) is 2.66. The summed E-state index contributed by atoms with van der Waals surface area (Å²) in [4.78, 5) is 0. The van der Waals surface area contributed by atoms with E-state index in [9.17, 15) is 0 Å². The fraction of sp³-hybridized carbons (Fsp3) is 0.240. The third-order valence-corrected chi connectivity index (χ3v) is 10.5. The van der Waals surface area contributed by atoms with Crippen LogP contribution < -0.4 is 20.4 Å². The summed E-state index contributed by atoms with van der Waals surface area (Å²) < 4.78 is 2.34. The lowest BCUT2D eigenvalue weighted by molar-refractivity contribution is -0.659. The van der Waals surface area contributed by atoms with E-state index in [1.807, 2.05) is 0 Å². The van der Waals surface area contributed by atoms with Gasteiger partial charge in [0, 0.05) is 6.07 Å². The highest BCUT2D eigenvalue weighted by Gasteiger charge is 2.33. The Bertz CT molecular complexity index is 1280. The Hall–Kier alpha value is -2.02. The van der Waals surface area contributed by atoms with Crippen molar-refractivity contribution < 1.29 is 4.57 Å². The van der Waals surface area contributed by atoms with Gasteiger partial charge in [-0.05, 0) is 59.9 Å². The molecule has 1 aliphatic rings. The van der Waals surface area contributed by atoms with Gasteiger partial charge in [-0.25, -0.2) is 4.57 Å². The Balaban J connectivity index is 1.98. The molecule has 2 heterocycles. The van der Waals surface area contributed by atoms with E-state index in [0.717, 1.165) is 0 Å². The number of fused-ring (bicyclic) bond motifs is 3. The van der Waals surface area contributed by atoms with E-state index >= 15 is 0 Å². The second kappa shape index (κ2) is 5.99. The fourth-order valence-electron chi connectivity index (χ4n) is 4.68. The van der Waals surface area contributed by atoms with E-state index in [2.05, 4.69) is 99.6 Å². The fourth-order valence-corrected chi connectivity index (χ4v) is 8.08. The van der Waals surface area contributed by atoms with Gasteiger partial charge >= 0.3 is 0 Å². The van der Waals surface area contributed by atoms with Crippen LogP contribution in [0.4, 0.5) is 0 Å². The molecule has 0 amide bonds. The molecule has 0 fully saturated rings. The first-order valence-corrected chi connectivity index (χ1v) is 15.3. The summed E-state index contributed by atoms with van der Waals surface area (Å²) in [5, 5.41) is 10.3. The van der Waals surface area contributed by atoms with Gasteiger partial charge in [0.25, 0.3) is 0 Å². The molecule has 0 bridgehead atoms. The molecular formula is C25H27NPSi+. The standard InChI is InChI=1S/C25H27NPSi/c1-16-20-10-8-7-9-17(20)14-21-23(16)25-24-18(11-12-26(25)2)13-19(28(4,5)6)15-22(24)27(21)3/h7-15H,1-6H3/q+1. The van der Waals surface area contributed by atoms with E-state index in [4.69, 9.17) is 0 Å². The molecule has 0 aliphatic carbocycles. The molecule has 1 aliphatic heterocycles. The van der Waals surface area contributed by atoms with Crippen molar-refractivity contribution in [3.8, 4) is 11.3 Å². The monoisotopic (exact) mass is 400 g/mol. The number of nitrogens with zero attached hydrogens (tertiary/aromatic N) is 1. The predicted octanol–water partition coefficient (Wildman–Crippen LogP) is 4.71. The molecule has 0 saturated carbocycles. The second-order valence-corrected chi connectivity index (χ2v) is 16.3. The third-order valence-electron chi connectivity index (χ3n) is 6.33. The summed E-state index contributed by atoms with van der Waals surface area (Å²) in [6, 6.07) is 18.7. The van der Waals surface area contributed by atoms with Crippen molar-refractivity contribution in [2.45, 2.75) is 26.6 Å². The summed E-state index contributed by atoms with van der Waals surface area (Å²) in [6.07, 6.45) is 2.25.